The molecule has 2 nitrogen and oxygen atoms in total. The van der Waals surface area contributed by atoms with Crippen LogP contribution in [0.4, 0.5) is 18.9 Å². The summed E-state index contributed by atoms with van der Waals surface area (Å²) >= 11 is 0. The van der Waals surface area contributed by atoms with E-state index in [9.17, 15) is 13.2 Å². The van der Waals surface area contributed by atoms with Gasteiger partial charge in [0.15, 0.2) is 0 Å². The van der Waals surface area contributed by atoms with Crippen LogP contribution in [0.3, 0.4) is 0 Å². The van der Waals surface area contributed by atoms with Crippen molar-refractivity contribution in [1.29, 1.82) is 0 Å². The maximum atomic E-state index is 13.5. The van der Waals surface area contributed by atoms with E-state index in [1.54, 1.807) is 13.0 Å². The molecule has 0 aliphatic carbocycles. The molecule has 0 aliphatic heterocycles. The molecule has 1 aromatic rings. The van der Waals surface area contributed by atoms with Crippen molar-refractivity contribution in [2.75, 3.05) is 18.5 Å². The summed E-state index contributed by atoms with van der Waals surface area (Å²) < 4.78 is 38.0. The minimum Gasteiger partial charge on any atom is -0.369 e. The molecule has 16 heavy (non-hydrogen) atoms. The van der Waals surface area contributed by atoms with Gasteiger partial charge in [-0.25, -0.2) is 13.2 Å². The molecule has 0 amide bonds. The fourth-order valence-electron chi connectivity index (χ4n) is 1.61. The van der Waals surface area contributed by atoms with Gasteiger partial charge in [-0.3, -0.25) is 0 Å². The zero-order valence-corrected chi connectivity index (χ0v) is 9.25. The number of nitrogens with two attached hydrogens (primary N) is 1. The first-order valence-corrected chi connectivity index (χ1v) is 4.96. The standard InChI is InChI=1S/C11H15F3N2/c1-7(15)11-8(12)4-3-5-9(11)16(2)6-10(13)14/h3-5,7,10H,6,15H2,1-2H3. The SMILES string of the molecule is CC(N)c1c(F)cccc1N(C)CC(F)F. The second-order valence-corrected chi connectivity index (χ2v) is 3.73. The Bertz CT molecular complexity index is 353. The van der Waals surface area contributed by atoms with Crippen LogP contribution in [-0.2, 0) is 0 Å². The molecule has 0 radical (unpaired) electrons. The van der Waals surface area contributed by atoms with Crippen molar-refractivity contribution in [3.63, 3.8) is 0 Å². The third-order valence-electron chi connectivity index (χ3n) is 2.31. The molecule has 90 valence electrons. The monoisotopic (exact) mass is 232 g/mol. The summed E-state index contributed by atoms with van der Waals surface area (Å²) in [6.45, 7) is 1.18. The van der Waals surface area contributed by atoms with E-state index in [-0.39, 0.29) is 5.56 Å². The number of alkyl halides is 2. The van der Waals surface area contributed by atoms with Gasteiger partial charge in [0, 0.05) is 24.3 Å². The summed E-state index contributed by atoms with van der Waals surface area (Å²) in [5.74, 6) is -0.464. The number of benzene rings is 1. The van der Waals surface area contributed by atoms with E-state index in [0.717, 1.165) is 0 Å². The third-order valence-corrected chi connectivity index (χ3v) is 2.31. The molecule has 5 heteroatoms. The number of anilines is 1. The topological polar surface area (TPSA) is 29.3 Å². The maximum absolute atomic E-state index is 13.5. The molecular weight excluding hydrogens is 217 g/mol. The van der Waals surface area contributed by atoms with Gasteiger partial charge in [-0.05, 0) is 19.1 Å². The minimum atomic E-state index is -2.46. The summed E-state index contributed by atoms with van der Waals surface area (Å²) in [5.41, 5.74) is 6.31. The Balaban J connectivity index is 3.07. The van der Waals surface area contributed by atoms with E-state index in [4.69, 9.17) is 5.73 Å². The van der Waals surface area contributed by atoms with Crippen molar-refractivity contribution >= 4 is 5.69 Å². The van der Waals surface area contributed by atoms with Crippen LogP contribution in [-0.4, -0.2) is 20.0 Å². The highest BCUT2D eigenvalue weighted by atomic mass is 19.3. The number of halogens is 3. The second-order valence-electron chi connectivity index (χ2n) is 3.73. The molecule has 0 fully saturated rings. The van der Waals surface area contributed by atoms with Crippen LogP contribution in [0.15, 0.2) is 18.2 Å². The summed E-state index contributed by atoms with van der Waals surface area (Å²) in [4.78, 5) is 1.31. The van der Waals surface area contributed by atoms with Crippen LogP contribution < -0.4 is 10.6 Å². The average Bonchev–Trinajstić information content (AvgIpc) is 2.15. The number of rotatable bonds is 4. The summed E-state index contributed by atoms with van der Waals surface area (Å²) in [5, 5.41) is 0. The molecule has 0 saturated carbocycles. The maximum Gasteiger partial charge on any atom is 0.255 e. The quantitative estimate of drug-likeness (QED) is 0.864. The molecular formula is C11H15F3N2. The highest BCUT2D eigenvalue weighted by Gasteiger charge is 2.17. The molecule has 1 rings (SSSR count). The van der Waals surface area contributed by atoms with E-state index in [0.29, 0.717) is 5.69 Å². The fourth-order valence-corrected chi connectivity index (χ4v) is 1.61. The molecule has 1 atom stereocenters. The summed E-state index contributed by atoms with van der Waals surface area (Å²) in [7, 11) is 1.49. The van der Waals surface area contributed by atoms with Gasteiger partial charge >= 0.3 is 0 Å². The van der Waals surface area contributed by atoms with Crippen LogP contribution in [0.2, 0.25) is 0 Å². The van der Waals surface area contributed by atoms with E-state index in [1.807, 2.05) is 0 Å². The predicted octanol–water partition coefficient (Wildman–Crippen LogP) is 2.55. The minimum absolute atomic E-state index is 0.269. The molecule has 0 bridgehead atoms. The van der Waals surface area contributed by atoms with E-state index in [2.05, 4.69) is 0 Å². The molecule has 0 heterocycles. The van der Waals surface area contributed by atoms with Crippen LogP contribution >= 0.6 is 0 Å². The van der Waals surface area contributed by atoms with Gasteiger partial charge in [0.05, 0.1) is 6.54 Å². The van der Waals surface area contributed by atoms with Crippen molar-refractivity contribution in [2.45, 2.75) is 19.4 Å². The average molecular weight is 232 g/mol. The molecule has 1 aromatic carbocycles. The molecule has 0 aliphatic rings. The van der Waals surface area contributed by atoms with Gasteiger partial charge in [-0.1, -0.05) is 6.07 Å². The lowest BCUT2D eigenvalue weighted by atomic mass is 10.1. The first-order chi connectivity index (χ1) is 7.43. The number of nitrogens with zero attached hydrogens (tertiary/aromatic N) is 1. The van der Waals surface area contributed by atoms with Crippen molar-refractivity contribution in [2.24, 2.45) is 5.73 Å². The number of hydrogen-bond donors (Lipinski definition) is 1. The van der Waals surface area contributed by atoms with Crippen LogP contribution in [0.25, 0.3) is 0 Å². The van der Waals surface area contributed by atoms with Crippen LogP contribution in [0, 0.1) is 5.82 Å². The van der Waals surface area contributed by atoms with Crippen LogP contribution in [0.5, 0.6) is 0 Å². The summed E-state index contributed by atoms with van der Waals surface area (Å²) in [6, 6.07) is 3.82. The molecule has 1 unspecified atom stereocenters. The number of hydrogen-bond acceptors (Lipinski definition) is 2. The van der Waals surface area contributed by atoms with Crippen molar-refractivity contribution in [3.05, 3.63) is 29.6 Å². The van der Waals surface area contributed by atoms with Gasteiger partial charge in [0.2, 0.25) is 0 Å². The zero-order chi connectivity index (χ0) is 12.3. The largest absolute Gasteiger partial charge is 0.369 e. The normalized spacial score (nSPS) is 12.9. The van der Waals surface area contributed by atoms with Gasteiger partial charge in [0.25, 0.3) is 6.43 Å². The predicted molar refractivity (Wildman–Crippen MR) is 58.3 cm³/mol. The molecule has 0 aromatic heterocycles. The molecule has 0 spiro atoms. The lowest BCUT2D eigenvalue weighted by Gasteiger charge is -2.23. The Morgan fingerprint density at radius 1 is 1.38 bits per heavy atom. The lowest BCUT2D eigenvalue weighted by molar-refractivity contribution is 0.156. The second kappa shape index (κ2) is 5.21. The first-order valence-electron chi connectivity index (χ1n) is 4.96. The van der Waals surface area contributed by atoms with Crippen LogP contribution in [0.1, 0.15) is 18.5 Å². The van der Waals surface area contributed by atoms with Crippen molar-refractivity contribution < 1.29 is 13.2 Å². The Kier molecular flexibility index (Phi) is 4.18. The fraction of sp³-hybridized carbons (Fsp3) is 0.455. The van der Waals surface area contributed by atoms with Gasteiger partial charge < -0.3 is 10.6 Å². The van der Waals surface area contributed by atoms with E-state index in [1.165, 1.54) is 24.1 Å². The Labute approximate surface area is 92.9 Å². The molecule has 2 N–H and O–H groups in total. The molecule has 0 saturated heterocycles. The van der Waals surface area contributed by atoms with Gasteiger partial charge in [-0.2, -0.15) is 0 Å². The zero-order valence-electron chi connectivity index (χ0n) is 9.25. The smallest absolute Gasteiger partial charge is 0.255 e. The highest BCUT2D eigenvalue weighted by molar-refractivity contribution is 5.55. The van der Waals surface area contributed by atoms with E-state index < -0.39 is 24.8 Å². The summed E-state index contributed by atoms with van der Waals surface area (Å²) in [6.07, 6.45) is -2.46. The van der Waals surface area contributed by atoms with E-state index >= 15 is 0 Å². The Morgan fingerprint density at radius 2 is 2.00 bits per heavy atom. The van der Waals surface area contributed by atoms with Gasteiger partial charge in [0.1, 0.15) is 5.82 Å². The van der Waals surface area contributed by atoms with Gasteiger partial charge in [-0.15, -0.1) is 0 Å². The van der Waals surface area contributed by atoms with Crippen molar-refractivity contribution in [1.82, 2.24) is 0 Å². The Morgan fingerprint density at radius 3 is 2.50 bits per heavy atom. The van der Waals surface area contributed by atoms with Crippen molar-refractivity contribution in [3.8, 4) is 0 Å². The third kappa shape index (κ3) is 2.88. The highest BCUT2D eigenvalue weighted by Crippen LogP contribution is 2.27. The lowest BCUT2D eigenvalue weighted by Crippen LogP contribution is -2.26. The first kappa shape index (κ1) is 12.8. The Hall–Kier alpha value is -1.23.